The Kier molecular flexibility index (Phi) is 5.21. The molecule has 2 heterocycles. The molecule has 0 bridgehead atoms. The van der Waals surface area contributed by atoms with Crippen LogP contribution >= 0.6 is 11.8 Å². The SMILES string of the molecule is CC(=O)OCC1=C(C(=O)O)N2C(=O)[C@@H](NC(=O)c3cccc4ccccc34)[C@H]2SC1. The van der Waals surface area contributed by atoms with Gasteiger partial charge in [-0.25, -0.2) is 4.79 Å². The largest absolute Gasteiger partial charge is 0.477 e. The Morgan fingerprint density at radius 1 is 1.20 bits per heavy atom. The topological polar surface area (TPSA) is 113 Å². The first-order valence-corrected chi connectivity index (χ1v) is 10.3. The van der Waals surface area contributed by atoms with Gasteiger partial charge in [0.15, 0.2) is 0 Å². The minimum Gasteiger partial charge on any atom is -0.477 e. The molecule has 2 aliphatic heterocycles. The number of amides is 2. The van der Waals surface area contributed by atoms with E-state index in [1.807, 2.05) is 30.3 Å². The molecule has 0 spiro atoms. The van der Waals surface area contributed by atoms with Crippen molar-refractivity contribution in [3.63, 3.8) is 0 Å². The van der Waals surface area contributed by atoms with Crippen molar-refractivity contribution in [2.24, 2.45) is 0 Å². The van der Waals surface area contributed by atoms with Crippen molar-refractivity contribution in [2.75, 3.05) is 12.4 Å². The zero-order chi connectivity index (χ0) is 21.4. The molecular formula is C21H18N2O6S. The molecule has 0 radical (unpaired) electrons. The summed E-state index contributed by atoms with van der Waals surface area (Å²) in [6.45, 7) is 1.04. The van der Waals surface area contributed by atoms with Gasteiger partial charge in [-0.05, 0) is 16.8 Å². The number of carboxylic acid groups (broad SMARTS) is 1. The summed E-state index contributed by atoms with van der Waals surface area (Å²) in [4.78, 5) is 49.5. The van der Waals surface area contributed by atoms with E-state index in [4.69, 9.17) is 4.74 Å². The fourth-order valence-corrected chi connectivity index (χ4v) is 4.95. The van der Waals surface area contributed by atoms with E-state index in [9.17, 15) is 24.3 Å². The zero-order valence-electron chi connectivity index (χ0n) is 16.0. The summed E-state index contributed by atoms with van der Waals surface area (Å²) in [7, 11) is 0. The lowest BCUT2D eigenvalue weighted by Crippen LogP contribution is -2.70. The minimum absolute atomic E-state index is 0.180. The van der Waals surface area contributed by atoms with Crippen LogP contribution in [0.25, 0.3) is 10.8 Å². The number of fused-ring (bicyclic) bond motifs is 2. The number of carbonyl (C=O) groups excluding carboxylic acids is 3. The molecule has 2 atom stereocenters. The second-order valence-electron chi connectivity index (χ2n) is 6.93. The second kappa shape index (κ2) is 7.83. The number of hydrogen-bond donors (Lipinski definition) is 2. The number of ether oxygens (including phenoxy) is 1. The molecule has 0 aromatic heterocycles. The molecule has 2 aromatic carbocycles. The molecule has 4 rings (SSSR count). The molecule has 1 saturated heterocycles. The number of benzene rings is 2. The van der Waals surface area contributed by atoms with Gasteiger partial charge in [-0.1, -0.05) is 36.4 Å². The van der Waals surface area contributed by atoms with E-state index in [2.05, 4.69) is 5.32 Å². The smallest absolute Gasteiger partial charge is 0.352 e. The highest BCUT2D eigenvalue weighted by Gasteiger charge is 2.54. The fraction of sp³-hybridized carbons (Fsp3) is 0.238. The van der Waals surface area contributed by atoms with Crippen molar-refractivity contribution in [1.29, 1.82) is 0 Å². The molecule has 0 unspecified atom stereocenters. The number of carbonyl (C=O) groups is 4. The second-order valence-corrected chi connectivity index (χ2v) is 8.03. The third kappa shape index (κ3) is 3.41. The summed E-state index contributed by atoms with van der Waals surface area (Å²) >= 11 is 1.32. The molecule has 154 valence electrons. The van der Waals surface area contributed by atoms with Gasteiger partial charge in [-0.3, -0.25) is 19.3 Å². The quantitative estimate of drug-likeness (QED) is 0.553. The van der Waals surface area contributed by atoms with Gasteiger partial charge in [-0.15, -0.1) is 11.8 Å². The lowest BCUT2D eigenvalue weighted by atomic mass is 10.0. The Morgan fingerprint density at radius 2 is 1.93 bits per heavy atom. The number of nitrogens with one attached hydrogen (secondary N) is 1. The first-order valence-electron chi connectivity index (χ1n) is 9.20. The number of hydrogen-bond acceptors (Lipinski definition) is 6. The van der Waals surface area contributed by atoms with Gasteiger partial charge in [-0.2, -0.15) is 0 Å². The van der Waals surface area contributed by atoms with Crippen LogP contribution in [0, 0.1) is 0 Å². The lowest BCUT2D eigenvalue weighted by Gasteiger charge is -2.49. The molecule has 2 N–H and O–H groups in total. The number of aliphatic carboxylic acids is 1. The van der Waals surface area contributed by atoms with Crippen LogP contribution in [0.5, 0.6) is 0 Å². The Morgan fingerprint density at radius 3 is 2.67 bits per heavy atom. The van der Waals surface area contributed by atoms with E-state index in [0.29, 0.717) is 11.1 Å². The fourth-order valence-electron chi connectivity index (χ4n) is 3.63. The van der Waals surface area contributed by atoms with E-state index in [1.54, 1.807) is 12.1 Å². The number of esters is 1. The maximum absolute atomic E-state index is 12.9. The monoisotopic (exact) mass is 426 g/mol. The predicted octanol–water partition coefficient (Wildman–Crippen LogP) is 1.76. The molecule has 9 heteroatoms. The first kappa shape index (κ1) is 20.0. The Labute approximate surface area is 175 Å². The zero-order valence-corrected chi connectivity index (χ0v) is 16.8. The third-order valence-corrected chi connectivity index (χ3v) is 6.36. The average Bonchev–Trinajstić information content (AvgIpc) is 2.74. The third-order valence-electron chi connectivity index (χ3n) is 5.02. The van der Waals surface area contributed by atoms with Crippen molar-refractivity contribution >= 4 is 46.3 Å². The van der Waals surface area contributed by atoms with Crippen LogP contribution in [0.2, 0.25) is 0 Å². The van der Waals surface area contributed by atoms with Gasteiger partial charge in [0.25, 0.3) is 11.8 Å². The summed E-state index contributed by atoms with van der Waals surface area (Å²) in [5, 5.41) is 13.5. The van der Waals surface area contributed by atoms with Gasteiger partial charge < -0.3 is 15.2 Å². The minimum atomic E-state index is -1.27. The molecule has 0 saturated carbocycles. The maximum atomic E-state index is 12.9. The van der Waals surface area contributed by atoms with Crippen molar-refractivity contribution in [3.05, 3.63) is 59.3 Å². The Balaban J connectivity index is 1.55. The molecule has 2 aliphatic rings. The van der Waals surface area contributed by atoms with Crippen molar-refractivity contribution in [1.82, 2.24) is 10.2 Å². The van der Waals surface area contributed by atoms with Crippen molar-refractivity contribution < 1.29 is 29.0 Å². The number of β-lactam (4-membered cyclic amide) rings is 1. The van der Waals surface area contributed by atoms with Crippen LogP contribution in [-0.4, -0.2) is 57.5 Å². The summed E-state index contributed by atoms with van der Waals surface area (Å²) in [5.41, 5.74) is 0.622. The molecular weight excluding hydrogens is 408 g/mol. The van der Waals surface area contributed by atoms with Gasteiger partial charge in [0.1, 0.15) is 23.7 Å². The number of thioether (sulfide) groups is 1. The number of carboxylic acids is 1. The van der Waals surface area contributed by atoms with Crippen molar-refractivity contribution in [3.8, 4) is 0 Å². The molecule has 2 aromatic rings. The Bertz CT molecular complexity index is 1110. The van der Waals surface area contributed by atoms with Crippen LogP contribution in [-0.2, 0) is 19.1 Å². The van der Waals surface area contributed by atoms with E-state index < -0.39 is 35.2 Å². The summed E-state index contributed by atoms with van der Waals surface area (Å²) in [5.74, 6) is -2.41. The maximum Gasteiger partial charge on any atom is 0.352 e. The standard InChI is InChI=1S/C21H18N2O6S/c1-11(24)29-9-13-10-30-20-16(19(26)23(20)17(13)21(27)28)22-18(25)15-8-4-6-12-5-2-3-7-14(12)15/h2-8,16,20H,9-10H2,1H3,(H,22,25)(H,27,28)/t16-,20-/m1/s1. The molecule has 1 fully saturated rings. The van der Waals surface area contributed by atoms with Crippen LogP contribution in [0.1, 0.15) is 17.3 Å². The van der Waals surface area contributed by atoms with Crippen molar-refractivity contribution in [2.45, 2.75) is 18.3 Å². The molecule has 2 amide bonds. The van der Waals surface area contributed by atoms with Gasteiger partial charge in [0, 0.05) is 23.8 Å². The number of rotatable bonds is 5. The van der Waals surface area contributed by atoms with Crippen LogP contribution < -0.4 is 5.32 Å². The predicted molar refractivity (Wildman–Crippen MR) is 110 cm³/mol. The van der Waals surface area contributed by atoms with E-state index in [-0.39, 0.29) is 18.1 Å². The highest BCUT2D eigenvalue weighted by molar-refractivity contribution is 8.00. The van der Waals surface area contributed by atoms with Gasteiger partial charge in [0.05, 0.1) is 0 Å². The molecule has 8 nitrogen and oxygen atoms in total. The van der Waals surface area contributed by atoms with Gasteiger partial charge >= 0.3 is 11.9 Å². The molecule has 30 heavy (non-hydrogen) atoms. The van der Waals surface area contributed by atoms with Gasteiger partial charge in [0.2, 0.25) is 0 Å². The lowest BCUT2D eigenvalue weighted by molar-refractivity contribution is -0.149. The Hall–Kier alpha value is -3.33. The van der Waals surface area contributed by atoms with Crippen LogP contribution in [0.3, 0.4) is 0 Å². The van der Waals surface area contributed by atoms with E-state index >= 15 is 0 Å². The van der Waals surface area contributed by atoms with E-state index in [0.717, 1.165) is 15.7 Å². The van der Waals surface area contributed by atoms with E-state index in [1.165, 1.54) is 18.7 Å². The average molecular weight is 426 g/mol. The summed E-state index contributed by atoms with van der Waals surface area (Å²) in [6, 6.07) is 12.0. The van der Waals surface area contributed by atoms with Crippen LogP contribution in [0.15, 0.2) is 53.7 Å². The normalized spacial score (nSPS) is 20.4. The highest BCUT2D eigenvalue weighted by Crippen LogP contribution is 2.40. The molecule has 0 aliphatic carbocycles. The summed E-state index contributed by atoms with van der Waals surface area (Å²) in [6.07, 6.45) is 0. The number of nitrogens with zero attached hydrogens (tertiary/aromatic N) is 1. The first-order chi connectivity index (χ1) is 14.4. The van der Waals surface area contributed by atoms with Crippen LogP contribution in [0.4, 0.5) is 0 Å². The highest BCUT2D eigenvalue weighted by atomic mass is 32.2. The summed E-state index contributed by atoms with van der Waals surface area (Å²) < 4.78 is 4.91.